The predicted molar refractivity (Wildman–Crippen MR) is 151 cm³/mol. The number of aliphatic carboxylic acids is 1. The highest BCUT2D eigenvalue weighted by molar-refractivity contribution is 6.74. The van der Waals surface area contributed by atoms with Crippen LogP contribution in [0.4, 0.5) is 0 Å². The zero-order valence-corrected chi connectivity index (χ0v) is 24.8. The van der Waals surface area contributed by atoms with Crippen LogP contribution in [0.1, 0.15) is 124 Å². The first kappa shape index (κ1) is 32.1. The molecule has 0 bridgehead atoms. The van der Waals surface area contributed by atoms with Crippen LogP contribution in [0, 0.1) is 5.92 Å². The molecule has 0 fully saturated rings. The van der Waals surface area contributed by atoms with E-state index in [9.17, 15) is 9.90 Å². The van der Waals surface area contributed by atoms with E-state index in [1.165, 1.54) is 50.5 Å². The molecule has 4 nitrogen and oxygen atoms in total. The van der Waals surface area contributed by atoms with Gasteiger partial charge in [0.1, 0.15) is 0 Å². The van der Waals surface area contributed by atoms with E-state index in [0.29, 0.717) is 12.5 Å². The molecule has 0 aromatic rings. The number of carbonyl (C=O) groups is 1. The smallest absolute Gasteiger partial charge is 0.303 e. The largest absolute Gasteiger partial charge is 0.481 e. The van der Waals surface area contributed by atoms with Gasteiger partial charge in [0.25, 0.3) is 0 Å². The topological polar surface area (TPSA) is 66.8 Å². The minimum atomic E-state index is -1.83. The summed E-state index contributed by atoms with van der Waals surface area (Å²) in [6.07, 6.45) is 22.2. The molecule has 0 amide bonds. The fourth-order valence-electron chi connectivity index (χ4n) is 4.68. The highest BCUT2D eigenvalue weighted by Gasteiger charge is 2.39. The Morgan fingerprint density at radius 2 is 1.74 bits per heavy atom. The molecular formula is C30H56O4Si. The number of hydrogen-bond acceptors (Lipinski definition) is 3. The SMILES string of the molecule is CCCCCCCCCC(CCC1=CCC(O)[C@@H]1C/C=C\CCCC(=O)O)O[Si](C)(C)C(C)(C)C. The van der Waals surface area contributed by atoms with Crippen LogP contribution in [0.5, 0.6) is 0 Å². The molecule has 1 aliphatic rings. The quantitative estimate of drug-likeness (QED) is 0.104. The first-order valence-electron chi connectivity index (χ1n) is 14.4. The van der Waals surface area contributed by atoms with Crippen molar-refractivity contribution in [3.63, 3.8) is 0 Å². The van der Waals surface area contributed by atoms with Crippen LogP contribution >= 0.6 is 0 Å². The van der Waals surface area contributed by atoms with E-state index in [1.54, 1.807) is 0 Å². The van der Waals surface area contributed by atoms with Gasteiger partial charge in [-0.1, -0.05) is 96.4 Å². The van der Waals surface area contributed by atoms with Gasteiger partial charge in [-0.3, -0.25) is 4.79 Å². The number of carboxylic acids is 1. The number of allylic oxidation sites excluding steroid dienone is 2. The Kier molecular flexibility index (Phi) is 15.4. The van der Waals surface area contributed by atoms with Crippen LogP contribution in [0.15, 0.2) is 23.8 Å². The first-order valence-corrected chi connectivity index (χ1v) is 17.3. The molecule has 204 valence electrons. The predicted octanol–water partition coefficient (Wildman–Crippen LogP) is 8.81. The van der Waals surface area contributed by atoms with Crippen LogP contribution in [0.3, 0.4) is 0 Å². The Balaban J connectivity index is 2.61. The van der Waals surface area contributed by atoms with Crippen molar-refractivity contribution in [2.75, 3.05) is 0 Å². The van der Waals surface area contributed by atoms with E-state index in [0.717, 1.165) is 38.5 Å². The zero-order valence-electron chi connectivity index (χ0n) is 23.8. The van der Waals surface area contributed by atoms with E-state index in [-0.39, 0.29) is 23.5 Å². The second-order valence-corrected chi connectivity index (χ2v) is 16.9. The minimum absolute atomic E-state index is 0.192. The third-order valence-corrected chi connectivity index (χ3v) is 12.6. The number of aliphatic hydroxyl groups excluding tert-OH is 1. The number of unbranched alkanes of at least 4 members (excludes halogenated alkanes) is 7. The molecule has 0 spiro atoms. The third-order valence-electron chi connectivity index (χ3n) is 8.03. The molecule has 35 heavy (non-hydrogen) atoms. The van der Waals surface area contributed by atoms with Crippen molar-refractivity contribution in [1.29, 1.82) is 0 Å². The van der Waals surface area contributed by atoms with Gasteiger partial charge in [-0.25, -0.2) is 0 Å². The Bertz CT molecular complexity index is 647. The fourth-order valence-corrected chi connectivity index (χ4v) is 6.10. The van der Waals surface area contributed by atoms with Crippen LogP contribution in [-0.4, -0.2) is 36.7 Å². The maximum atomic E-state index is 10.7. The Morgan fingerprint density at radius 1 is 1.09 bits per heavy atom. The van der Waals surface area contributed by atoms with E-state index in [4.69, 9.17) is 9.53 Å². The van der Waals surface area contributed by atoms with Crippen LogP contribution in [0.25, 0.3) is 0 Å². The molecule has 2 N–H and O–H groups in total. The molecule has 2 unspecified atom stereocenters. The first-order chi connectivity index (χ1) is 16.5. The van der Waals surface area contributed by atoms with Crippen molar-refractivity contribution >= 4 is 14.3 Å². The van der Waals surface area contributed by atoms with E-state index < -0.39 is 14.3 Å². The summed E-state index contributed by atoms with van der Waals surface area (Å²) in [5, 5.41) is 19.5. The third kappa shape index (κ3) is 13.3. The fraction of sp³-hybridized carbons (Fsp3) is 0.833. The molecule has 0 heterocycles. The summed E-state index contributed by atoms with van der Waals surface area (Å²) < 4.78 is 6.90. The summed E-state index contributed by atoms with van der Waals surface area (Å²) in [6.45, 7) is 13.9. The zero-order chi connectivity index (χ0) is 26.3. The van der Waals surface area contributed by atoms with Gasteiger partial charge in [-0.05, 0) is 63.1 Å². The van der Waals surface area contributed by atoms with Gasteiger partial charge in [0.2, 0.25) is 0 Å². The summed E-state index contributed by atoms with van der Waals surface area (Å²) >= 11 is 0. The van der Waals surface area contributed by atoms with Gasteiger partial charge < -0.3 is 14.6 Å². The van der Waals surface area contributed by atoms with Crippen molar-refractivity contribution in [1.82, 2.24) is 0 Å². The molecule has 0 aliphatic heterocycles. The molecule has 0 saturated heterocycles. The highest BCUT2D eigenvalue weighted by Crippen LogP contribution is 2.39. The maximum Gasteiger partial charge on any atom is 0.303 e. The number of rotatable bonds is 19. The minimum Gasteiger partial charge on any atom is -0.481 e. The second kappa shape index (κ2) is 16.8. The lowest BCUT2D eigenvalue weighted by Crippen LogP contribution is -2.44. The lowest BCUT2D eigenvalue weighted by Gasteiger charge is -2.39. The molecule has 1 rings (SSSR count). The molecule has 0 aromatic heterocycles. The molecule has 0 saturated carbocycles. The second-order valence-electron chi connectivity index (χ2n) is 12.1. The number of aliphatic hydroxyl groups is 1. The highest BCUT2D eigenvalue weighted by atomic mass is 28.4. The molecular weight excluding hydrogens is 452 g/mol. The van der Waals surface area contributed by atoms with E-state index in [2.05, 4.69) is 59.0 Å². The van der Waals surface area contributed by atoms with E-state index >= 15 is 0 Å². The summed E-state index contributed by atoms with van der Waals surface area (Å²) in [5.74, 6) is -0.543. The maximum absolute atomic E-state index is 10.7. The average molecular weight is 509 g/mol. The van der Waals surface area contributed by atoms with Gasteiger partial charge in [-0.15, -0.1) is 0 Å². The van der Waals surface area contributed by atoms with Crippen molar-refractivity contribution in [2.24, 2.45) is 5.92 Å². The average Bonchev–Trinajstić information content (AvgIpc) is 3.11. The van der Waals surface area contributed by atoms with Crippen LogP contribution < -0.4 is 0 Å². The van der Waals surface area contributed by atoms with Crippen molar-refractivity contribution in [2.45, 2.75) is 154 Å². The molecule has 0 radical (unpaired) electrons. The van der Waals surface area contributed by atoms with Crippen LogP contribution in [-0.2, 0) is 9.22 Å². The van der Waals surface area contributed by atoms with Crippen molar-refractivity contribution in [3.8, 4) is 0 Å². The van der Waals surface area contributed by atoms with Gasteiger partial charge in [0, 0.05) is 18.4 Å². The van der Waals surface area contributed by atoms with Gasteiger partial charge in [0.05, 0.1) is 6.10 Å². The molecule has 1 aliphatic carbocycles. The van der Waals surface area contributed by atoms with Crippen LogP contribution in [0.2, 0.25) is 18.1 Å². The molecule has 3 atom stereocenters. The Hall–Kier alpha value is -0.913. The normalized spacial score (nSPS) is 19.9. The summed E-state index contributed by atoms with van der Waals surface area (Å²) in [5.41, 5.74) is 1.39. The summed E-state index contributed by atoms with van der Waals surface area (Å²) in [6, 6.07) is 0. The number of hydrogen-bond donors (Lipinski definition) is 2. The lowest BCUT2D eigenvalue weighted by atomic mass is 9.91. The number of carboxylic acid groups (broad SMARTS) is 1. The Morgan fingerprint density at radius 3 is 2.37 bits per heavy atom. The van der Waals surface area contributed by atoms with Gasteiger partial charge in [0.15, 0.2) is 8.32 Å². The standard InChI is InChI=1S/C30H56O4Si/c1-7-8-9-10-11-12-15-18-26(34-35(5,6)30(2,3)4)23-21-25-22-24-28(31)27(25)19-16-13-14-17-20-29(32)33/h13,16,22,26-28,31H,7-12,14-15,17-21,23-24H2,1-6H3,(H,32,33)/b16-13-/t26?,27-,28?/m1/s1. The lowest BCUT2D eigenvalue weighted by molar-refractivity contribution is -0.137. The summed E-state index contributed by atoms with van der Waals surface area (Å²) in [4.78, 5) is 10.7. The Labute approximate surface area is 217 Å². The molecule has 5 heteroatoms. The van der Waals surface area contributed by atoms with Crippen molar-refractivity contribution in [3.05, 3.63) is 23.8 Å². The van der Waals surface area contributed by atoms with E-state index in [1.807, 2.05) is 0 Å². The molecule has 0 aromatic carbocycles. The monoisotopic (exact) mass is 508 g/mol. The van der Waals surface area contributed by atoms with Gasteiger partial charge in [-0.2, -0.15) is 0 Å². The summed E-state index contributed by atoms with van der Waals surface area (Å²) in [7, 11) is -1.83. The van der Waals surface area contributed by atoms with Crippen molar-refractivity contribution < 1.29 is 19.4 Å². The van der Waals surface area contributed by atoms with Gasteiger partial charge >= 0.3 is 5.97 Å².